The van der Waals surface area contributed by atoms with E-state index in [0.29, 0.717) is 12.2 Å². The van der Waals surface area contributed by atoms with Crippen LogP contribution < -0.4 is 15.4 Å². The summed E-state index contributed by atoms with van der Waals surface area (Å²) >= 11 is 0. The van der Waals surface area contributed by atoms with Crippen molar-refractivity contribution in [3.05, 3.63) is 59.7 Å². The smallest absolute Gasteiger partial charge is 0.255 e. The predicted octanol–water partition coefficient (Wildman–Crippen LogP) is 3.00. The average Bonchev–Trinajstić information content (AvgIpc) is 2.64. The van der Waals surface area contributed by atoms with Crippen LogP contribution in [0.15, 0.2) is 48.5 Å². The van der Waals surface area contributed by atoms with Crippen LogP contribution in [-0.4, -0.2) is 32.2 Å². The summed E-state index contributed by atoms with van der Waals surface area (Å²) in [4.78, 5) is 12.3. The molecule has 0 saturated carbocycles. The molecule has 0 aliphatic carbocycles. The van der Waals surface area contributed by atoms with Gasteiger partial charge in [-0.2, -0.15) is 0 Å². The molecule has 0 aromatic heterocycles. The number of carbonyl (C=O) groups excluding carboxylic acids is 1. The molecule has 0 bridgehead atoms. The molecule has 1 aliphatic heterocycles. The molecule has 2 aromatic rings. The van der Waals surface area contributed by atoms with E-state index in [2.05, 4.69) is 10.6 Å². The Morgan fingerprint density at radius 3 is 2.58 bits per heavy atom. The Balaban J connectivity index is 1.61. The second-order valence-electron chi connectivity index (χ2n) is 5.60. The quantitative estimate of drug-likeness (QED) is 0.887. The van der Waals surface area contributed by atoms with E-state index in [4.69, 9.17) is 9.47 Å². The van der Waals surface area contributed by atoms with Crippen LogP contribution in [-0.2, 0) is 4.74 Å². The number of hydrogen-bond donors (Lipinski definition) is 2. The lowest BCUT2D eigenvalue weighted by Gasteiger charge is -2.24. The highest BCUT2D eigenvalue weighted by atomic mass is 16.5. The molecule has 0 radical (unpaired) electrons. The van der Waals surface area contributed by atoms with Gasteiger partial charge in [0, 0.05) is 24.3 Å². The van der Waals surface area contributed by atoms with Crippen LogP contribution in [0.25, 0.3) is 0 Å². The van der Waals surface area contributed by atoms with Gasteiger partial charge in [-0.15, -0.1) is 0 Å². The van der Waals surface area contributed by atoms with E-state index in [-0.39, 0.29) is 12.0 Å². The van der Waals surface area contributed by atoms with E-state index < -0.39 is 0 Å². The van der Waals surface area contributed by atoms with Crippen molar-refractivity contribution in [3.8, 4) is 5.75 Å². The van der Waals surface area contributed by atoms with Gasteiger partial charge in [-0.3, -0.25) is 4.79 Å². The highest BCUT2D eigenvalue weighted by Crippen LogP contribution is 2.21. The summed E-state index contributed by atoms with van der Waals surface area (Å²) in [6.07, 6.45) is 0.0783. The Hall–Kier alpha value is -2.37. The lowest BCUT2D eigenvalue weighted by atomic mass is 10.1. The normalized spacial score (nSPS) is 17.3. The van der Waals surface area contributed by atoms with E-state index >= 15 is 0 Å². The van der Waals surface area contributed by atoms with Gasteiger partial charge in [0.05, 0.1) is 19.3 Å². The van der Waals surface area contributed by atoms with Gasteiger partial charge in [0.15, 0.2) is 0 Å². The molecule has 24 heavy (non-hydrogen) atoms. The van der Waals surface area contributed by atoms with E-state index in [1.807, 2.05) is 31.2 Å². The van der Waals surface area contributed by atoms with Gasteiger partial charge in [-0.1, -0.05) is 12.1 Å². The summed E-state index contributed by atoms with van der Waals surface area (Å²) in [5.74, 6) is 0.626. The van der Waals surface area contributed by atoms with Crippen LogP contribution in [0.4, 0.5) is 5.69 Å². The highest BCUT2D eigenvalue weighted by Gasteiger charge is 2.15. The van der Waals surface area contributed by atoms with E-state index in [1.54, 1.807) is 24.3 Å². The molecular weight excluding hydrogens is 304 g/mol. The zero-order valence-electron chi connectivity index (χ0n) is 13.7. The Labute approximate surface area is 142 Å². The minimum atomic E-state index is -0.138. The summed E-state index contributed by atoms with van der Waals surface area (Å²) in [7, 11) is 0. The minimum absolute atomic E-state index is 0.0783. The molecule has 2 aromatic carbocycles. The standard InChI is InChI=1S/C19H22N2O3/c1-2-23-17-9-5-15(6-10-17)19(22)21-16-7-3-14(4-8-16)18-13-20-11-12-24-18/h3-10,18,20H,2,11-13H2,1H3,(H,21,22)/t18-/m1/s1. The molecule has 1 saturated heterocycles. The van der Waals surface area contributed by atoms with Crippen molar-refractivity contribution < 1.29 is 14.3 Å². The van der Waals surface area contributed by atoms with Crippen molar-refractivity contribution in [2.45, 2.75) is 13.0 Å². The summed E-state index contributed by atoms with van der Waals surface area (Å²) in [6, 6.07) is 14.9. The first kappa shape index (κ1) is 16.5. The first-order valence-electron chi connectivity index (χ1n) is 8.23. The Bertz CT molecular complexity index is 662. The first-order valence-corrected chi connectivity index (χ1v) is 8.23. The topological polar surface area (TPSA) is 59.6 Å². The molecule has 1 aliphatic rings. The Morgan fingerprint density at radius 1 is 1.21 bits per heavy atom. The maximum absolute atomic E-state index is 12.3. The zero-order chi connectivity index (χ0) is 16.8. The molecule has 1 fully saturated rings. The molecule has 5 heteroatoms. The average molecular weight is 326 g/mol. The van der Waals surface area contributed by atoms with Gasteiger partial charge in [0.2, 0.25) is 0 Å². The van der Waals surface area contributed by atoms with E-state index in [0.717, 1.165) is 36.7 Å². The molecule has 1 atom stereocenters. The third-order valence-corrected chi connectivity index (χ3v) is 3.90. The van der Waals surface area contributed by atoms with Crippen LogP contribution in [0.3, 0.4) is 0 Å². The third-order valence-electron chi connectivity index (χ3n) is 3.90. The van der Waals surface area contributed by atoms with Crippen molar-refractivity contribution in [1.29, 1.82) is 0 Å². The fourth-order valence-corrected chi connectivity index (χ4v) is 2.63. The molecule has 0 spiro atoms. The third kappa shape index (κ3) is 4.13. The van der Waals surface area contributed by atoms with Gasteiger partial charge in [0.25, 0.3) is 5.91 Å². The van der Waals surface area contributed by atoms with Gasteiger partial charge in [-0.05, 0) is 48.9 Å². The molecule has 2 N–H and O–H groups in total. The van der Waals surface area contributed by atoms with Crippen molar-refractivity contribution in [3.63, 3.8) is 0 Å². The number of anilines is 1. The van der Waals surface area contributed by atoms with Gasteiger partial charge in [-0.25, -0.2) is 0 Å². The summed E-state index contributed by atoms with van der Waals surface area (Å²) in [6.45, 7) is 4.97. The van der Waals surface area contributed by atoms with Crippen LogP contribution in [0.1, 0.15) is 28.9 Å². The number of rotatable bonds is 5. The fourth-order valence-electron chi connectivity index (χ4n) is 2.63. The predicted molar refractivity (Wildman–Crippen MR) is 93.6 cm³/mol. The van der Waals surface area contributed by atoms with Gasteiger partial charge >= 0.3 is 0 Å². The number of hydrogen-bond acceptors (Lipinski definition) is 4. The minimum Gasteiger partial charge on any atom is -0.494 e. The maximum Gasteiger partial charge on any atom is 0.255 e. The van der Waals surface area contributed by atoms with Crippen LogP contribution >= 0.6 is 0 Å². The SMILES string of the molecule is CCOc1ccc(C(=O)Nc2ccc([C@H]3CNCCO3)cc2)cc1. The molecule has 126 valence electrons. The van der Waals surface area contributed by atoms with Gasteiger partial charge < -0.3 is 20.1 Å². The summed E-state index contributed by atoms with van der Waals surface area (Å²) in [5.41, 5.74) is 2.48. The summed E-state index contributed by atoms with van der Waals surface area (Å²) in [5, 5.41) is 6.21. The molecule has 1 heterocycles. The molecule has 5 nitrogen and oxygen atoms in total. The molecule has 3 rings (SSSR count). The second-order valence-corrected chi connectivity index (χ2v) is 5.60. The van der Waals surface area contributed by atoms with Crippen molar-refractivity contribution in [2.75, 3.05) is 31.6 Å². The lowest BCUT2D eigenvalue weighted by molar-refractivity contribution is 0.0277. The number of amides is 1. The van der Waals surface area contributed by atoms with Gasteiger partial charge in [0.1, 0.15) is 5.75 Å². The van der Waals surface area contributed by atoms with Crippen LogP contribution in [0, 0.1) is 0 Å². The number of benzene rings is 2. The maximum atomic E-state index is 12.3. The Kier molecular flexibility index (Phi) is 5.46. The number of carbonyl (C=O) groups is 1. The Morgan fingerprint density at radius 2 is 1.96 bits per heavy atom. The van der Waals surface area contributed by atoms with Crippen LogP contribution in [0.2, 0.25) is 0 Å². The number of nitrogens with one attached hydrogen (secondary N) is 2. The zero-order valence-corrected chi connectivity index (χ0v) is 13.7. The summed E-state index contributed by atoms with van der Waals surface area (Å²) < 4.78 is 11.1. The molecular formula is C19H22N2O3. The van der Waals surface area contributed by atoms with E-state index in [1.165, 1.54) is 0 Å². The lowest BCUT2D eigenvalue weighted by Crippen LogP contribution is -2.33. The highest BCUT2D eigenvalue weighted by molar-refractivity contribution is 6.04. The monoisotopic (exact) mass is 326 g/mol. The molecule has 0 unspecified atom stereocenters. The van der Waals surface area contributed by atoms with Crippen molar-refractivity contribution in [1.82, 2.24) is 5.32 Å². The number of ether oxygens (including phenoxy) is 2. The number of morpholine rings is 1. The van der Waals surface area contributed by atoms with Crippen molar-refractivity contribution in [2.24, 2.45) is 0 Å². The first-order chi connectivity index (χ1) is 11.8. The van der Waals surface area contributed by atoms with Crippen molar-refractivity contribution >= 4 is 11.6 Å². The molecule has 1 amide bonds. The van der Waals surface area contributed by atoms with E-state index in [9.17, 15) is 4.79 Å². The fraction of sp³-hybridized carbons (Fsp3) is 0.316. The van der Waals surface area contributed by atoms with Crippen LogP contribution in [0.5, 0.6) is 5.75 Å². The largest absolute Gasteiger partial charge is 0.494 e. The second kappa shape index (κ2) is 7.95.